The van der Waals surface area contributed by atoms with Crippen molar-refractivity contribution < 1.29 is 13.7 Å². The highest BCUT2D eigenvalue weighted by molar-refractivity contribution is 6.11. The fourth-order valence-electron chi connectivity index (χ4n) is 11.6. The van der Waals surface area contributed by atoms with Gasteiger partial charge in [0.05, 0.1) is 27.8 Å². The predicted octanol–water partition coefficient (Wildman–Crippen LogP) is 16.9. The van der Waals surface area contributed by atoms with Crippen LogP contribution in [-0.4, -0.2) is 14.1 Å². The zero-order valence-electron chi connectivity index (χ0n) is 41.9. The summed E-state index contributed by atoms with van der Waals surface area (Å²) in [6.07, 6.45) is 8.07. The lowest BCUT2D eigenvalue weighted by Crippen LogP contribution is -2.33. The van der Waals surface area contributed by atoms with Crippen LogP contribution >= 0.6 is 0 Å². The van der Waals surface area contributed by atoms with Gasteiger partial charge in [-0.15, -0.1) is 0 Å². The van der Waals surface area contributed by atoms with E-state index in [9.17, 15) is 0 Å². The van der Waals surface area contributed by atoms with Gasteiger partial charge in [-0.3, -0.25) is 13.7 Å². The molecule has 0 amide bonds. The van der Waals surface area contributed by atoms with Gasteiger partial charge in [0.2, 0.25) is 0 Å². The zero-order valence-corrected chi connectivity index (χ0v) is 41.9. The van der Waals surface area contributed by atoms with Crippen LogP contribution in [-0.2, 0) is 16.2 Å². The largest absolute Gasteiger partial charge is 0.460 e. The molecule has 4 aromatic heterocycles. The number of nitrogens with zero attached hydrogens (tertiary/aromatic N) is 4. The van der Waals surface area contributed by atoms with Crippen LogP contribution in [0.5, 0.6) is 11.5 Å². The molecule has 0 spiro atoms. The molecule has 6 nitrogen and oxygen atoms in total. The Morgan fingerprint density at radius 2 is 1.26 bits per heavy atom. The maximum Gasteiger partial charge on any atom is 0.270 e. The monoisotopic (exact) mass is 936 g/mol. The highest BCUT2D eigenvalue weighted by Crippen LogP contribution is 2.51. The number of furan rings is 1. The molecule has 72 heavy (non-hydrogen) atoms. The van der Waals surface area contributed by atoms with E-state index in [4.69, 9.17) is 14.1 Å². The summed E-state index contributed by atoms with van der Waals surface area (Å²) in [5, 5.41) is 4.47. The van der Waals surface area contributed by atoms with Gasteiger partial charge < -0.3 is 9.15 Å². The molecular formula is C66H56N4O2. The second-order valence-corrected chi connectivity index (χ2v) is 22.0. The van der Waals surface area contributed by atoms with E-state index in [1.54, 1.807) is 0 Å². The molecule has 0 fully saturated rings. The molecule has 0 N–H and O–H groups in total. The molecule has 352 valence electrons. The van der Waals surface area contributed by atoms with Crippen LogP contribution in [0.4, 0.5) is 0 Å². The van der Waals surface area contributed by atoms with E-state index in [1.807, 2.05) is 6.20 Å². The van der Waals surface area contributed by atoms with Gasteiger partial charge in [0.25, 0.3) is 6.33 Å². The van der Waals surface area contributed by atoms with Crippen molar-refractivity contribution in [3.05, 3.63) is 211 Å². The molecule has 1 aliphatic rings. The van der Waals surface area contributed by atoms with Crippen LogP contribution in [0.25, 0.3) is 94.2 Å². The lowest BCUT2D eigenvalue weighted by molar-refractivity contribution is -0.571. The first-order chi connectivity index (χ1) is 34.8. The highest BCUT2D eigenvalue weighted by Gasteiger charge is 2.39. The van der Waals surface area contributed by atoms with Crippen molar-refractivity contribution in [1.82, 2.24) is 14.1 Å². The summed E-state index contributed by atoms with van der Waals surface area (Å²) >= 11 is 0. The summed E-state index contributed by atoms with van der Waals surface area (Å²) in [6, 6.07) is 64.7. The maximum absolute atomic E-state index is 7.22. The third-order valence-corrected chi connectivity index (χ3v) is 15.4. The second-order valence-electron chi connectivity index (χ2n) is 22.0. The fraction of sp³-hybridized carbons (Fsp3) is 0.182. The summed E-state index contributed by atoms with van der Waals surface area (Å²) in [5.74, 6) is 2.30. The lowest BCUT2D eigenvalue weighted by Gasteiger charge is -2.42. The van der Waals surface area contributed by atoms with Gasteiger partial charge in [-0.25, -0.2) is 4.98 Å². The molecular weight excluding hydrogens is 881 g/mol. The predicted molar refractivity (Wildman–Crippen MR) is 294 cm³/mol. The smallest absolute Gasteiger partial charge is 0.270 e. The van der Waals surface area contributed by atoms with Gasteiger partial charge in [-0.1, -0.05) is 176 Å². The molecule has 4 heterocycles. The summed E-state index contributed by atoms with van der Waals surface area (Å²) in [4.78, 5) is 4.97. The number of ether oxygens (including phenoxy) is 1. The number of pyridine rings is 1. The van der Waals surface area contributed by atoms with E-state index in [0.29, 0.717) is 5.75 Å². The molecule has 13 rings (SSSR count). The van der Waals surface area contributed by atoms with Crippen molar-refractivity contribution in [3.8, 4) is 50.9 Å². The van der Waals surface area contributed by atoms with Crippen molar-refractivity contribution in [2.45, 2.75) is 77.6 Å². The average molecular weight is 937 g/mol. The Morgan fingerprint density at radius 1 is 0.597 bits per heavy atom. The Hall–Kier alpha value is -8.22. The normalized spacial score (nSPS) is 14.4. The van der Waals surface area contributed by atoms with Gasteiger partial charge in [0.1, 0.15) is 34.2 Å². The minimum atomic E-state index is -0.0841. The number of imidazole rings is 1. The molecule has 0 saturated heterocycles. The molecule has 1 aliphatic carbocycles. The molecule has 6 heteroatoms. The molecule has 0 saturated carbocycles. The Labute approximate surface area is 420 Å². The number of para-hydroxylation sites is 4. The Balaban J connectivity index is 1.07. The van der Waals surface area contributed by atoms with Crippen LogP contribution < -0.4 is 9.30 Å². The van der Waals surface area contributed by atoms with E-state index in [2.05, 4.69) is 250 Å². The van der Waals surface area contributed by atoms with E-state index in [1.165, 1.54) is 22.1 Å². The lowest BCUT2D eigenvalue weighted by atomic mass is 9.62. The van der Waals surface area contributed by atoms with Crippen molar-refractivity contribution in [1.29, 1.82) is 0 Å². The first-order valence-electron chi connectivity index (χ1n) is 25.2. The number of benzene rings is 8. The molecule has 0 aliphatic heterocycles. The number of rotatable bonds is 7. The van der Waals surface area contributed by atoms with Gasteiger partial charge >= 0.3 is 0 Å². The van der Waals surface area contributed by atoms with Gasteiger partial charge in [0, 0.05) is 33.8 Å². The quantitative estimate of drug-likeness (QED) is 0.118. The Kier molecular flexibility index (Phi) is 9.82. The third-order valence-electron chi connectivity index (χ3n) is 15.4. The van der Waals surface area contributed by atoms with Crippen LogP contribution in [0.2, 0.25) is 0 Å². The number of hydrogen-bond donors (Lipinski definition) is 0. The second kappa shape index (κ2) is 16.2. The molecule has 0 atom stereocenters. The molecule has 0 bridgehead atoms. The fourth-order valence-corrected chi connectivity index (χ4v) is 11.6. The highest BCUT2D eigenvalue weighted by atomic mass is 16.5. The van der Waals surface area contributed by atoms with Gasteiger partial charge in [-0.2, -0.15) is 0 Å². The molecule has 0 unspecified atom stereocenters. The number of fused-ring (bicyclic) bond motifs is 9. The van der Waals surface area contributed by atoms with Crippen molar-refractivity contribution in [2.24, 2.45) is 0 Å². The summed E-state index contributed by atoms with van der Waals surface area (Å²) in [6.45, 7) is 16.3. The van der Waals surface area contributed by atoms with Crippen molar-refractivity contribution in [2.75, 3.05) is 0 Å². The summed E-state index contributed by atoms with van der Waals surface area (Å²) < 4.78 is 21.1. The Morgan fingerprint density at radius 3 is 2.00 bits per heavy atom. The first kappa shape index (κ1) is 43.8. The van der Waals surface area contributed by atoms with E-state index in [-0.39, 0.29) is 16.2 Å². The standard InChI is InChI=1S/C66H56N4O2/c1-64(2,3)44-33-36-67-59(37-44)70-53-26-15-14-23-49(53)50-30-29-45(39-56(50)70)71-46-38-51-60-58(32-31-52-61(60)66(6,7)35-34-65(52,4)5)72-63(51)57(40-46)68-41-69(55-28-17-16-27-54(55)68)62-47(42-19-10-8-11-20-42)24-18-25-48(62)43-21-12-9-13-22-43/h8-33,36-40H,34-35H2,1-7H3. The first-order valence-corrected chi connectivity index (χ1v) is 25.2. The zero-order chi connectivity index (χ0) is 49.1. The van der Waals surface area contributed by atoms with Crippen molar-refractivity contribution >= 4 is 54.8 Å². The summed E-state index contributed by atoms with van der Waals surface area (Å²) in [7, 11) is 0. The average Bonchev–Trinajstić information content (AvgIpc) is 4.07. The molecule has 12 aromatic rings. The van der Waals surface area contributed by atoms with Crippen LogP contribution in [0.15, 0.2) is 193 Å². The number of hydrogen-bond acceptors (Lipinski definition) is 3. The van der Waals surface area contributed by atoms with Gasteiger partial charge in [0.15, 0.2) is 0 Å². The number of aromatic nitrogens is 4. The minimum absolute atomic E-state index is 0.00720. The summed E-state index contributed by atoms with van der Waals surface area (Å²) in [5.41, 5.74) is 16.0. The van der Waals surface area contributed by atoms with Crippen LogP contribution in [0, 0.1) is 6.33 Å². The van der Waals surface area contributed by atoms with E-state index in [0.717, 1.165) is 107 Å². The topological polar surface area (TPSA) is 49.0 Å². The SMILES string of the molecule is CC(C)(C)c1ccnc(-n2c3ccccc3c3ccc(Oc4cc(-[n+]5[c-]n(-c6c(-c7ccccc7)cccc6-c6ccccc6)c6ccccc65)c5oc6ccc7c(c6c5c4)C(C)(C)CCC7(C)C)cc32)c1. The van der Waals surface area contributed by atoms with E-state index >= 15 is 0 Å². The molecule has 0 radical (unpaired) electrons. The Bertz CT molecular complexity index is 4050. The van der Waals surface area contributed by atoms with Crippen LogP contribution in [0.1, 0.15) is 78.0 Å². The maximum atomic E-state index is 7.22. The van der Waals surface area contributed by atoms with Crippen LogP contribution in [0.3, 0.4) is 0 Å². The third kappa shape index (κ3) is 6.98. The molecule has 8 aromatic carbocycles. The van der Waals surface area contributed by atoms with E-state index < -0.39 is 0 Å². The van der Waals surface area contributed by atoms with Gasteiger partial charge in [-0.05, 0) is 117 Å². The minimum Gasteiger partial charge on any atom is -0.460 e. The van der Waals surface area contributed by atoms with Crippen molar-refractivity contribution in [3.63, 3.8) is 0 Å².